The summed E-state index contributed by atoms with van der Waals surface area (Å²) >= 11 is 9.53. The standard InChI is InChI=1S/C12H10BrClO/c13-7-1-3-11-9(5-7)10-6-8(14)2-4-12(10)15-11/h1-2,4-6,10-12H,3H2. The number of halogens is 2. The molecule has 3 rings (SSSR count). The van der Waals surface area contributed by atoms with Crippen molar-refractivity contribution in [2.24, 2.45) is 5.92 Å². The second-order valence-corrected chi connectivity index (χ2v) is 5.35. The largest absolute Gasteiger partial charge is 0.365 e. The molecule has 1 nitrogen and oxygen atoms in total. The molecule has 1 saturated heterocycles. The predicted octanol–water partition coefficient (Wildman–Crippen LogP) is 3.67. The maximum Gasteiger partial charge on any atom is 0.0869 e. The summed E-state index contributed by atoms with van der Waals surface area (Å²) in [6.07, 6.45) is 11.8. The summed E-state index contributed by atoms with van der Waals surface area (Å²) in [7, 11) is 0. The molecule has 78 valence electrons. The lowest BCUT2D eigenvalue weighted by Crippen LogP contribution is -2.14. The molecule has 0 N–H and O–H groups in total. The molecule has 1 aliphatic heterocycles. The summed E-state index contributed by atoms with van der Waals surface area (Å²) in [6, 6.07) is 0. The highest BCUT2D eigenvalue weighted by atomic mass is 79.9. The van der Waals surface area contributed by atoms with E-state index in [1.807, 2.05) is 6.08 Å². The van der Waals surface area contributed by atoms with Gasteiger partial charge < -0.3 is 4.74 Å². The molecular formula is C12H10BrClO. The Morgan fingerprint density at radius 1 is 1.47 bits per heavy atom. The van der Waals surface area contributed by atoms with Crippen LogP contribution < -0.4 is 0 Å². The van der Waals surface area contributed by atoms with Gasteiger partial charge in [-0.25, -0.2) is 0 Å². The average molecular weight is 286 g/mol. The van der Waals surface area contributed by atoms with Crippen molar-refractivity contribution in [1.82, 2.24) is 0 Å². The van der Waals surface area contributed by atoms with E-state index in [0.29, 0.717) is 5.92 Å². The highest BCUT2D eigenvalue weighted by Gasteiger charge is 2.39. The zero-order valence-electron chi connectivity index (χ0n) is 7.99. The van der Waals surface area contributed by atoms with Crippen molar-refractivity contribution in [3.63, 3.8) is 0 Å². The molecule has 0 amide bonds. The maximum absolute atomic E-state index is 6.02. The normalized spacial score (nSPS) is 37.7. The monoisotopic (exact) mass is 284 g/mol. The number of fused-ring (bicyclic) bond motifs is 3. The second kappa shape index (κ2) is 3.62. The van der Waals surface area contributed by atoms with Gasteiger partial charge in [0.25, 0.3) is 0 Å². The van der Waals surface area contributed by atoms with Crippen LogP contribution in [0.3, 0.4) is 0 Å². The van der Waals surface area contributed by atoms with Gasteiger partial charge in [0.15, 0.2) is 0 Å². The molecule has 3 unspecified atom stereocenters. The van der Waals surface area contributed by atoms with E-state index in [1.54, 1.807) is 0 Å². The first-order valence-electron chi connectivity index (χ1n) is 5.02. The highest BCUT2D eigenvalue weighted by Crippen LogP contribution is 2.42. The van der Waals surface area contributed by atoms with Crippen LogP contribution in [-0.2, 0) is 4.74 Å². The lowest BCUT2D eigenvalue weighted by Gasteiger charge is -2.16. The fourth-order valence-electron chi connectivity index (χ4n) is 2.35. The van der Waals surface area contributed by atoms with Crippen molar-refractivity contribution in [3.05, 3.63) is 45.5 Å². The van der Waals surface area contributed by atoms with E-state index in [9.17, 15) is 0 Å². The summed E-state index contributed by atoms with van der Waals surface area (Å²) in [6.45, 7) is 0. The van der Waals surface area contributed by atoms with Crippen molar-refractivity contribution >= 4 is 27.5 Å². The summed E-state index contributed by atoms with van der Waals surface area (Å²) < 4.78 is 7.09. The van der Waals surface area contributed by atoms with Crippen LogP contribution in [0.2, 0.25) is 0 Å². The van der Waals surface area contributed by atoms with Gasteiger partial charge in [-0.2, -0.15) is 0 Å². The van der Waals surface area contributed by atoms with Crippen LogP contribution in [-0.4, -0.2) is 12.2 Å². The van der Waals surface area contributed by atoms with Gasteiger partial charge in [0.1, 0.15) is 0 Å². The first-order chi connectivity index (χ1) is 7.24. The molecule has 0 bridgehead atoms. The second-order valence-electron chi connectivity index (χ2n) is 3.99. The van der Waals surface area contributed by atoms with E-state index in [4.69, 9.17) is 16.3 Å². The van der Waals surface area contributed by atoms with Crippen LogP contribution in [0.5, 0.6) is 0 Å². The molecule has 1 heterocycles. The van der Waals surface area contributed by atoms with E-state index < -0.39 is 0 Å². The predicted molar refractivity (Wildman–Crippen MR) is 64.9 cm³/mol. The van der Waals surface area contributed by atoms with Crippen molar-refractivity contribution in [3.8, 4) is 0 Å². The minimum atomic E-state index is 0.176. The van der Waals surface area contributed by atoms with E-state index in [0.717, 1.165) is 15.9 Å². The topological polar surface area (TPSA) is 9.23 Å². The highest BCUT2D eigenvalue weighted by molar-refractivity contribution is 9.11. The number of ether oxygens (including phenoxy) is 1. The van der Waals surface area contributed by atoms with Gasteiger partial charge in [-0.15, -0.1) is 0 Å². The van der Waals surface area contributed by atoms with Crippen LogP contribution >= 0.6 is 27.5 Å². The summed E-state index contributed by atoms with van der Waals surface area (Å²) in [5.41, 5.74) is 1.34. The van der Waals surface area contributed by atoms with Crippen LogP contribution in [0.25, 0.3) is 0 Å². The van der Waals surface area contributed by atoms with Gasteiger partial charge in [-0.1, -0.05) is 45.8 Å². The number of hydrogen-bond donors (Lipinski definition) is 0. The van der Waals surface area contributed by atoms with Gasteiger partial charge in [0.2, 0.25) is 0 Å². The number of allylic oxidation sites excluding steroid dienone is 4. The Balaban J connectivity index is 1.99. The van der Waals surface area contributed by atoms with Gasteiger partial charge in [0, 0.05) is 15.4 Å². The molecule has 3 atom stereocenters. The third-order valence-corrected chi connectivity index (χ3v) is 3.85. The van der Waals surface area contributed by atoms with Gasteiger partial charge in [0.05, 0.1) is 12.2 Å². The lowest BCUT2D eigenvalue weighted by atomic mass is 9.87. The SMILES string of the molecule is ClC1=CC2C3=CC(Br)=CCC3OC2C=C1. The van der Waals surface area contributed by atoms with E-state index in [-0.39, 0.29) is 12.2 Å². The summed E-state index contributed by atoms with van der Waals surface area (Å²) in [5, 5.41) is 0.812. The third kappa shape index (κ3) is 1.65. The Hall–Kier alpha value is -0.310. The molecule has 2 aliphatic carbocycles. The van der Waals surface area contributed by atoms with Crippen molar-refractivity contribution < 1.29 is 4.74 Å². The van der Waals surface area contributed by atoms with Gasteiger partial charge in [-0.3, -0.25) is 0 Å². The molecule has 0 aromatic carbocycles. The fourth-order valence-corrected chi connectivity index (χ4v) is 3.01. The van der Waals surface area contributed by atoms with Crippen LogP contribution in [0, 0.1) is 5.92 Å². The summed E-state index contributed by atoms with van der Waals surface area (Å²) in [5.74, 6) is 0.328. The van der Waals surface area contributed by atoms with Crippen molar-refractivity contribution in [2.75, 3.05) is 0 Å². The first-order valence-corrected chi connectivity index (χ1v) is 6.19. The average Bonchev–Trinajstić information content (AvgIpc) is 2.56. The molecule has 1 fully saturated rings. The Morgan fingerprint density at radius 3 is 3.20 bits per heavy atom. The third-order valence-electron chi connectivity index (χ3n) is 3.05. The van der Waals surface area contributed by atoms with Crippen molar-refractivity contribution in [2.45, 2.75) is 18.6 Å². The van der Waals surface area contributed by atoms with E-state index in [1.165, 1.54) is 5.57 Å². The molecule has 15 heavy (non-hydrogen) atoms. The minimum Gasteiger partial charge on any atom is -0.365 e. The van der Waals surface area contributed by atoms with Crippen LogP contribution in [0.15, 0.2) is 45.5 Å². The Kier molecular flexibility index (Phi) is 2.38. The molecule has 3 heteroatoms. The molecule has 0 spiro atoms. The number of hydrogen-bond acceptors (Lipinski definition) is 1. The zero-order chi connectivity index (χ0) is 10.4. The first kappa shape index (κ1) is 9.88. The van der Waals surface area contributed by atoms with Crippen LogP contribution in [0.4, 0.5) is 0 Å². The Labute approximate surface area is 102 Å². The molecule has 0 aromatic rings. The molecule has 0 saturated carbocycles. The van der Waals surface area contributed by atoms with Gasteiger partial charge in [-0.05, 0) is 24.1 Å². The maximum atomic E-state index is 6.02. The zero-order valence-corrected chi connectivity index (χ0v) is 10.3. The molecule has 3 aliphatic rings. The molecule has 0 aromatic heterocycles. The summed E-state index contributed by atoms with van der Waals surface area (Å²) in [4.78, 5) is 0. The Morgan fingerprint density at radius 2 is 2.33 bits per heavy atom. The van der Waals surface area contributed by atoms with E-state index >= 15 is 0 Å². The minimum absolute atomic E-state index is 0.176. The smallest absolute Gasteiger partial charge is 0.0869 e. The quantitative estimate of drug-likeness (QED) is 0.660. The fraction of sp³-hybridized carbons (Fsp3) is 0.333. The van der Waals surface area contributed by atoms with Gasteiger partial charge >= 0.3 is 0 Å². The molecule has 0 radical (unpaired) electrons. The van der Waals surface area contributed by atoms with Crippen LogP contribution in [0.1, 0.15) is 6.42 Å². The Bertz CT molecular complexity index is 419. The lowest BCUT2D eigenvalue weighted by molar-refractivity contribution is 0.0738. The van der Waals surface area contributed by atoms with Crippen molar-refractivity contribution in [1.29, 1.82) is 0 Å². The number of rotatable bonds is 0. The van der Waals surface area contributed by atoms with E-state index in [2.05, 4.69) is 40.2 Å². The molecular weight excluding hydrogens is 275 g/mol.